The van der Waals surface area contributed by atoms with E-state index in [1.807, 2.05) is 24.3 Å². The van der Waals surface area contributed by atoms with E-state index in [0.717, 1.165) is 16.5 Å². The van der Waals surface area contributed by atoms with Crippen molar-refractivity contribution in [2.45, 2.75) is 18.8 Å². The summed E-state index contributed by atoms with van der Waals surface area (Å²) in [5, 5.41) is 9.09. The Kier molecular flexibility index (Phi) is 1.92. The molecular weight excluding hydrogens is 226 g/mol. The summed E-state index contributed by atoms with van der Waals surface area (Å²) in [6, 6.07) is 10.5. The Morgan fingerprint density at radius 2 is 2.00 bits per heavy atom. The van der Waals surface area contributed by atoms with Gasteiger partial charge in [-0.05, 0) is 30.0 Å². The maximum absolute atomic E-state index is 9.09. The first-order chi connectivity index (χ1) is 6.19. The van der Waals surface area contributed by atoms with Crippen LogP contribution in [0.5, 0.6) is 0 Å². The molecule has 0 aliphatic heterocycles. The van der Waals surface area contributed by atoms with Crippen molar-refractivity contribution < 1.29 is 0 Å². The second kappa shape index (κ2) is 2.85. The molecule has 0 amide bonds. The van der Waals surface area contributed by atoms with E-state index in [9.17, 15) is 0 Å². The van der Waals surface area contributed by atoms with Crippen molar-refractivity contribution in [1.82, 2.24) is 0 Å². The number of halogens is 1. The lowest BCUT2D eigenvalue weighted by atomic mass is 9.95. The van der Waals surface area contributed by atoms with Crippen molar-refractivity contribution >= 4 is 15.9 Å². The highest BCUT2D eigenvalue weighted by Crippen LogP contribution is 2.53. The van der Waals surface area contributed by atoms with Crippen LogP contribution in [0.25, 0.3) is 0 Å². The third-order valence-corrected chi connectivity index (χ3v) is 3.40. The highest BCUT2D eigenvalue weighted by atomic mass is 79.9. The van der Waals surface area contributed by atoms with Crippen LogP contribution >= 0.6 is 15.9 Å². The molecular formula is C11H10BrN. The molecule has 66 valence electrons. The third kappa shape index (κ3) is 1.28. The summed E-state index contributed by atoms with van der Waals surface area (Å²) in [6.07, 6.45) is 1.01. The summed E-state index contributed by atoms with van der Waals surface area (Å²) >= 11 is 3.39. The summed E-state index contributed by atoms with van der Waals surface area (Å²) in [5.74, 6) is 0.513. The molecule has 0 N–H and O–H groups in total. The van der Waals surface area contributed by atoms with Crippen molar-refractivity contribution in [3.05, 3.63) is 34.3 Å². The van der Waals surface area contributed by atoms with Gasteiger partial charge in [0, 0.05) is 4.47 Å². The fourth-order valence-electron chi connectivity index (χ4n) is 1.79. The van der Waals surface area contributed by atoms with E-state index in [2.05, 4.69) is 28.9 Å². The lowest BCUT2D eigenvalue weighted by molar-refractivity contribution is 0.791. The van der Waals surface area contributed by atoms with E-state index in [1.165, 1.54) is 0 Å². The van der Waals surface area contributed by atoms with Gasteiger partial charge in [-0.1, -0.05) is 35.0 Å². The molecule has 0 bridgehead atoms. The molecule has 13 heavy (non-hydrogen) atoms. The lowest BCUT2D eigenvalue weighted by Gasteiger charge is -2.06. The molecule has 1 nitrogen and oxygen atoms in total. The molecule has 1 aromatic carbocycles. The quantitative estimate of drug-likeness (QED) is 0.734. The number of nitriles is 1. The van der Waals surface area contributed by atoms with Crippen LogP contribution in [0.4, 0.5) is 0 Å². The Labute approximate surface area is 86.5 Å². The van der Waals surface area contributed by atoms with Gasteiger partial charge in [0.25, 0.3) is 0 Å². The van der Waals surface area contributed by atoms with Gasteiger partial charge in [-0.15, -0.1) is 0 Å². The first-order valence-corrected chi connectivity index (χ1v) is 5.15. The molecule has 2 unspecified atom stereocenters. The van der Waals surface area contributed by atoms with Crippen LogP contribution in [-0.2, 0) is 5.41 Å². The van der Waals surface area contributed by atoms with Crippen LogP contribution in [0.2, 0.25) is 0 Å². The van der Waals surface area contributed by atoms with Gasteiger partial charge in [0.2, 0.25) is 0 Å². The largest absolute Gasteiger partial charge is 0.197 e. The monoisotopic (exact) mass is 235 g/mol. The van der Waals surface area contributed by atoms with Crippen LogP contribution < -0.4 is 0 Å². The molecule has 2 rings (SSSR count). The van der Waals surface area contributed by atoms with Gasteiger partial charge in [0.1, 0.15) is 0 Å². The standard InChI is InChI=1S/C11H10BrN/c1-8-6-11(8,7-13)9-2-4-10(12)5-3-9/h2-5,8H,6H2,1H3. The molecule has 1 aromatic rings. The molecule has 0 spiro atoms. The fourth-order valence-corrected chi connectivity index (χ4v) is 2.06. The minimum atomic E-state index is -0.180. The van der Waals surface area contributed by atoms with Crippen molar-refractivity contribution in [3.63, 3.8) is 0 Å². The normalized spacial score (nSPS) is 31.0. The Bertz CT molecular complexity index is 363. The second-order valence-electron chi connectivity index (χ2n) is 3.70. The maximum atomic E-state index is 9.09. The molecule has 0 heterocycles. The molecule has 1 fully saturated rings. The van der Waals surface area contributed by atoms with Gasteiger partial charge in [0.15, 0.2) is 0 Å². The van der Waals surface area contributed by atoms with Crippen LogP contribution in [0.3, 0.4) is 0 Å². The molecule has 2 heteroatoms. The van der Waals surface area contributed by atoms with Gasteiger partial charge in [0.05, 0.1) is 11.5 Å². The van der Waals surface area contributed by atoms with Gasteiger partial charge in [-0.3, -0.25) is 0 Å². The number of rotatable bonds is 1. The van der Waals surface area contributed by atoms with Crippen LogP contribution in [-0.4, -0.2) is 0 Å². The summed E-state index contributed by atoms with van der Waals surface area (Å²) in [7, 11) is 0. The van der Waals surface area contributed by atoms with E-state index in [4.69, 9.17) is 5.26 Å². The SMILES string of the molecule is CC1CC1(C#N)c1ccc(Br)cc1. The summed E-state index contributed by atoms with van der Waals surface area (Å²) < 4.78 is 1.07. The minimum absolute atomic E-state index is 0.180. The zero-order valence-corrected chi connectivity index (χ0v) is 9.01. The van der Waals surface area contributed by atoms with Crippen LogP contribution in [0.1, 0.15) is 18.9 Å². The molecule has 0 radical (unpaired) electrons. The Hall–Kier alpha value is -0.810. The summed E-state index contributed by atoms with van der Waals surface area (Å²) in [5.41, 5.74) is 0.978. The number of hydrogen-bond acceptors (Lipinski definition) is 1. The van der Waals surface area contributed by atoms with E-state index >= 15 is 0 Å². The van der Waals surface area contributed by atoms with Crippen LogP contribution in [0.15, 0.2) is 28.7 Å². The van der Waals surface area contributed by atoms with Crippen LogP contribution in [0, 0.1) is 17.2 Å². The Morgan fingerprint density at radius 3 is 2.38 bits per heavy atom. The van der Waals surface area contributed by atoms with E-state index < -0.39 is 0 Å². The first kappa shape index (κ1) is 8.77. The smallest absolute Gasteiger partial charge is 0.0851 e. The number of hydrogen-bond donors (Lipinski definition) is 0. The molecule has 1 aliphatic carbocycles. The average molecular weight is 236 g/mol. The zero-order chi connectivity index (χ0) is 9.47. The number of nitrogens with zero attached hydrogens (tertiary/aromatic N) is 1. The molecule has 2 atom stereocenters. The van der Waals surface area contributed by atoms with Crippen molar-refractivity contribution in [2.24, 2.45) is 5.92 Å². The fraction of sp³-hybridized carbons (Fsp3) is 0.364. The van der Waals surface area contributed by atoms with Crippen molar-refractivity contribution in [1.29, 1.82) is 5.26 Å². The predicted octanol–water partition coefficient (Wildman–Crippen LogP) is 3.25. The van der Waals surface area contributed by atoms with E-state index in [0.29, 0.717) is 5.92 Å². The van der Waals surface area contributed by atoms with Gasteiger partial charge in [-0.2, -0.15) is 5.26 Å². The van der Waals surface area contributed by atoms with E-state index in [1.54, 1.807) is 0 Å². The third-order valence-electron chi connectivity index (χ3n) is 2.87. The first-order valence-electron chi connectivity index (χ1n) is 4.36. The van der Waals surface area contributed by atoms with Gasteiger partial charge in [-0.25, -0.2) is 0 Å². The molecule has 1 saturated carbocycles. The topological polar surface area (TPSA) is 23.8 Å². The minimum Gasteiger partial charge on any atom is -0.197 e. The maximum Gasteiger partial charge on any atom is 0.0851 e. The highest BCUT2D eigenvalue weighted by Gasteiger charge is 2.53. The Morgan fingerprint density at radius 1 is 1.46 bits per heavy atom. The summed E-state index contributed by atoms with van der Waals surface area (Å²) in [6.45, 7) is 2.13. The van der Waals surface area contributed by atoms with Crippen molar-refractivity contribution in [2.75, 3.05) is 0 Å². The number of benzene rings is 1. The van der Waals surface area contributed by atoms with Gasteiger partial charge >= 0.3 is 0 Å². The zero-order valence-electron chi connectivity index (χ0n) is 7.42. The van der Waals surface area contributed by atoms with Crippen molar-refractivity contribution in [3.8, 4) is 6.07 Å². The van der Waals surface area contributed by atoms with Gasteiger partial charge < -0.3 is 0 Å². The predicted molar refractivity (Wildman–Crippen MR) is 55.2 cm³/mol. The second-order valence-corrected chi connectivity index (χ2v) is 4.61. The highest BCUT2D eigenvalue weighted by molar-refractivity contribution is 9.10. The molecule has 1 aliphatic rings. The molecule has 0 aromatic heterocycles. The lowest BCUT2D eigenvalue weighted by Crippen LogP contribution is -2.04. The summed E-state index contributed by atoms with van der Waals surface area (Å²) in [4.78, 5) is 0. The average Bonchev–Trinajstić information content (AvgIpc) is 2.79. The van der Waals surface area contributed by atoms with E-state index in [-0.39, 0.29) is 5.41 Å². The Balaban J connectivity index is 2.38. The molecule has 0 saturated heterocycles.